The summed E-state index contributed by atoms with van der Waals surface area (Å²) in [5, 5.41) is 3.71. The highest BCUT2D eigenvalue weighted by molar-refractivity contribution is 4.91. The van der Waals surface area contributed by atoms with E-state index in [0.29, 0.717) is 11.5 Å². The Morgan fingerprint density at radius 2 is 2.20 bits per heavy atom. The van der Waals surface area contributed by atoms with E-state index >= 15 is 0 Å². The van der Waals surface area contributed by atoms with Gasteiger partial charge >= 0.3 is 0 Å². The van der Waals surface area contributed by atoms with Crippen LogP contribution < -0.4 is 5.32 Å². The van der Waals surface area contributed by atoms with Crippen LogP contribution in [0.5, 0.6) is 0 Å². The Labute approximate surface area is 125 Å². The molecule has 3 heteroatoms. The Balaban J connectivity index is 1.91. The normalized spacial score (nSPS) is 35.5. The van der Waals surface area contributed by atoms with E-state index in [4.69, 9.17) is 4.74 Å². The molecule has 1 aliphatic carbocycles. The number of rotatable bonds is 7. The van der Waals surface area contributed by atoms with E-state index in [0.717, 1.165) is 19.0 Å². The molecule has 0 amide bonds. The van der Waals surface area contributed by atoms with Gasteiger partial charge in [-0.3, -0.25) is 0 Å². The van der Waals surface area contributed by atoms with E-state index in [1.54, 1.807) is 0 Å². The van der Waals surface area contributed by atoms with E-state index < -0.39 is 0 Å². The van der Waals surface area contributed by atoms with Gasteiger partial charge in [-0.15, -0.1) is 0 Å². The van der Waals surface area contributed by atoms with Crippen LogP contribution in [0.4, 0.5) is 0 Å². The Morgan fingerprint density at radius 1 is 1.35 bits per heavy atom. The first-order chi connectivity index (χ1) is 9.67. The van der Waals surface area contributed by atoms with Gasteiger partial charge in [-0.1, -0.05) is 26.7 Å². The lowest BCUT2D eigenvalue weighted by atomic mass is 9.69. The summed E-state index contributed by atoms with van der Waals surface area (Å²) in [6.07, 6.45) is 8.56. The fourth-order valence-corrected chi connectivity index (χ4v) is 4.27. The maximum absolute atomic E-state index is 5.53. The number of nitrogens with zero attached hydrogens (tertiary/aromatic N) is 1. The maximum atomic E-state index is 5.53. The van der Waals surface area contributed by atoms with Crippen LogP contribution in [-0.2, 0) is 4.74 Å². The second kappa shape index (κ2) is 7.77. The van der Waals surface area contributed by atoms with Crippen molar-refractivity contribution in [2.75, 3.05) is 39.8 Å². The standard InChI is InChI=1S/C17H34N2O/c1-4-9-18-13-17(8-5-6-15(2)11-17)14-19-10-7-16(12-19)20-3/h15-16,18H,4-14H2,1-3H3. The van der Waals surface area contributed by atoms with Crippen molar-refractivity contribution < 1.29 is 4.74 Å². The van der Waals surface area contributed by atoms with E-state index in [2.05, 4.69) is 24.1 Å². The quantitative estimate of drug-likeness (QED) is 0.727. The molecule has 0 aromatic carbocycles. The second-order valence-electron chi connectivity index (χ2n) is 7.26. The molecule has 1 N–H and O–H groups in total. The number of likely N-dealkylation sites (tertiary alicyclic amines) is 1. The van der Waals surface area contributed by atoms with Gasteiger partial charge < -0.3 is 15.0 Å². The largest absolute Gasteiger partial charge is 0.380 e. The number of methoxy groups -OCH3 is 1. The minimum absolute atomic E-state index is 0.469. The highest BCUT2D eigenvalue weighted by Crippen LogP contribution is 2.40. The number of nitrogens with one attached hydrogen (secondary N) is 1. The van der Waals surface area contributed by atoms with E-state index in [1.807, 2.05) is 7.11 Å². The molecule has 3 unspecified atom stereocenters. The molecule has 1 saturated carbocycles. The van der Waals surface area contributed by atoms with Gasteiger partial charge in [0.1, 0.15) is 0 Å². The minimum atomic E-state index is 0.469. The van der Waals surface area contributed by atoms with Gasteiger partial charge in [-0.25, -0.2) is 0 Å². The summed E-state index contributed by atoms with van der Waals surface area (Å²) >= 11 is 0. The molecule has 0 radical (unpaired) electrons. The summed E-state index contributed by atoms with van der Waals surface area (Å²) in [5.41, 5.74) is 0.509. The number of hydrogen-bond acceptors (Lipinski definition) is 3. The average molecular weight is 282 g/mol. The summed E-state index contributed by atoms with van der Waals surface area (Å²) in [4.78, 5) is 2.65. The van der Waals surface area contributed by atoms with Crippen molar-refractivity contribution in [1.29, 1.82) is 0 Å². The zero-order chi connectivity index (χ0) is 14.4. The Bertz CT molecular complexity index is 284. The predicted octanol–water partition coefficient (Wildman–Crippen LogP) is 2.90. The topological polar surface area (TPSA) is 24.5 Å². The lowest BCUT2D eigenvalue weighted by Crippen LogP contribution is -2.46. The van der Waals surface area contributed by atoms with Crippen LogP contribution in [-0.4, -0.2) is 50.8 Å². The van der Waals surface area contributed by atoms with Gasteiger partial charge in [0.05, 0.1) is 6.10 Å². The van der Waals surface area contributed by atoms with Crippen molar-refractivity contribution in [3.05, 3.63) is 0 Å². The van der Waals surface area contributed by atoms with Gasteiger partial charge in [0.2, 0.25) is 0 Å². The Hall–Kier alpha value is -0.120. The summed E-state index contributed by atoms with van der Waals surface area (Å²) < 4.78 is 5.53. The molecule has 1 saturated heterocycles. The van der Waals surface area contributed by atoms with Crippen molar-refractivity contribution in [2.24, 2.45) is 11.3 Å². The van der Waals surface area contributed by atoms with Crippen LogP contribution in [0.15, 0.2) is 0 Å². The average Bonchev–Trinajstić information content (AvgIpc) is 2.86. The molecule has 2 fully saturated rings. The van der Waals surface area contributed by atoms with Crippen LogP contribution in [0.3, 0.4) is 0 Å². The molecule has 1 aliphatic heterocycles. The maximum Gasteiger partial charge on any atom is 0.0710 e. The van der Waals surface area contributed by atoms with Crippen molar-refractivity contribution in [2.45, 2.75) is 58.5 Å². The van der Waals surface area contributed by atoms with Crippen molar-refractivity contribution in [1.82, 2.24) is 10.2 Å². The molecule has 118 valence electrons. The monoisotopic (exact) mass is 282 g/mol. The van der Waals surface area contributed by atoms with Gasteiger partial charge in [0.25, 0.3) is 0 Å². The summed E-state index contributed by atoms with van der Waals surface area (Å²) in [6.45, 7) is 10.7. The molecular formula is C17H34N2O. The first-order valence-corrected chi connectivity index (χ1v) is 8.63. The summed E-state index contributed by atoms with van der Waals surface area (Å²) in [6, 6.07) is 0. The summed E-state index contributed by atoms with van der Waals surface area (Å²) in [5.74, 6) is 0.896. The van der Waals surface area contributed by atoms with Crippen molar-refractivity contribution >= 4 is 0 Å². The molecule has 20 heavy (non-hydrogen) atoms. The fraction of sp³-hybridized carbons (Fsp3) is 1.00. The van der Waals surface area contributed by atoms with Crippen molar-refractivity contribution in [3.63, 3.8) is 0 Å². The first-order valence-electron chi connectivity index (χ1n) is 8.63. The molecule has 0 spiro atoms. The first kappa shape index (κ1) is 16.3. The lowest BCUT2D eigenvalue weighted by Gasteiger charge is -2.43. The van der Waals surface area contributed by atoms with Gasteiger partial charge in [0, 0.05) is 33.3 Å². The van der Waals surface area contributed by atoms with E-state index in [9.17, 15) is 0 Å². The molecule has 0 bridgehead atoms. The number of ether oxygens (including phenoxy) is 1. The lowest BCUT2D eigenvalue weighted by molar-refractivity contribution is 0.0716. The summed E-state index contributed by atoms with van der Waals surface area (Å²) in [7, 11) is 1.86. The van der Waals surface area contributed by atoms with Gasteiger partial charge in [-0.2, -0.15) is 0 Å². The Morgan fingerprint density at radius 3 is 2.85 bits per heavy atom. The van der Waals surface area contributed by atoms with Crippen LogP contribution >= 0.6 is 0 Å². The fourth-order valence-electron chi connectivity index (χ4n) is 4.27. The molecule has 1 heterocycles. The van der Waals surface area contributed by atoms with Gasteiger partial charge in [-0.05, 0) is 43.6 Å². The van der Waals surface area contributed by atoms with E-state index in [1.165, 1.54) is 58.2 Å². The van der Waals surface area contributed by atoms with Crippen LogP contribution in [0.25, 0.3) is 0 Å². The molecule has 2 rings (SSSR count). The number of hydrogen-bond donors (Lipinski definition) is 1. The smallest absolute Gasteiger partial charge is 0.0710 e. The molecular weight excluding hydrogens is 248 g/mol. The minimum Gasteiger partial charge on any atom is -0.380 e. The van der Waals surface area contributed by atoms with Crippen LogP contribution in [0.1, 0.15) is 52.4 Å². The molecule has 2 aliphatic rings. The Kier molecular flexibility index (Phi) is 6.31. The predicted molar refractivity (Wildman–Crippen MR) is 85.1 cm³/mol. The molecule has 0 aromatic rings. The highest BCUT2D eigenvalue weighted by atomic mass is 16.5. The zero-order valence-electron chi connectivity index (χ0n) is 13.8. The third-order valence-electron chi connectivity index (χ3n) is 5.23. The third-order valence-corrected chi connectivity index (χ3v) is 5.23. The van der Waals surface area contributed by atoms with Crippen molar-refractivity contribution in [3.8, 4) is 0 Å². The second-order valence-corrected chi connectivity index (χ2v) is 7.26. The third kappa shape index (κ3) is 4.44. The molecule has 3 nitrogen and oxygen atoms in total. The van der Waals surface area contributed by atoms with Crippen LogP contribution in [0, 0.1) is 11.3 Å². The van der Waals surface area contributed by atoms with Crippen LogP contribution in [0.2, 0.25) is 0 Å². The highest BCUT2D eigenvalue weighted by Gasteiger charge is 2.37. The molecule has 3 atom stereocenters. The van der Waals surface area contributed by atoms with Gasteiger partial charge in [0.15, 0.2) is 0 Å². The van der Waals surface area contributed by atoms with E-state index in [-0.39, 0.29) is 0 Å². The molecule has 0 aromatic heterocycles. The zero-order valence-corrected chi connectivity index (χ0v) is 13.8. The SMILES string of the molecule is CCCNCC1(CN2CCC(OC)C2)CCCC(C)C1.